The molecule has 0 fully saturated rings. The van der Waals surface area contributed by atoms with Gasteiger partial charge >= 0.3 is 0 Å². The summed E-state index contributed by atoms with van der Waals surface area (Å²) in [6.45, 7) is 13.2. The topological polar surface area (TPSA) is 105 Å². The summed E-state index contributed by atoms with van der Waals surface area (Å²) in [5.41, 5.74) is 2.25. The molecular weight excluding hydrogens is 492 g/mol. The van der Waals surface area contributed by atoms with E-state index in [1.54, 1.807) is 30.3 Å². The maximum Gasteiger partial charge on any atom is 0.251 e. The van der Waals surface area contributed by atoms with Crippen molar-refractivity contribution >= 4 is 17.3 Å². The molecule has 39 heavy (non-hydrogen) atoms. The molecular formula is C31H48N4O4. The van der Waals surface area contributed by atoms with Crippen LogP contribution in [0.5, 0.6) is 5.75 Å². The summed E-state index contributed by atoms with van der Waals surface area (Å²) < 4.78 is 12.1. The zero-order valence-electron chi connectivity index (χ0n) is 24.7. The summed E-state index contributed by atoms with van der Waals surface area (Å²) in [7, 11) is 1.90. The Hall–Kier alpha value is -2.81. The van der Waals surface area contributed by atoms with Crippen LogP contribution in [0.25, 0.3) is 0 Å². The minimum Gasteiger partial charge on any atom is -0.506 e. The lowest BCUT2D eigenvalue weighted by atomic mass is 10.0. The lowest BCUT2D eigenvalue weighted by Crippen LogP contribution is -2.32. The van der Waals surface area contributed by atoms with Crippen LogP contribution in [-0.4, -0.2) is 55.6 Å². The molecule has 0 aliphatic heterocycles. The second-order valence-corrected chi connectivity index (χ2v) is 11.1. The lowest BCUT2D eigenvalue weighted by Gasteiger charge is -2.30. The van der Waals surface area contributed by atoms with Crippen LogP contribution >= 0.6 is 0 Å². The predicted molar refractivity (Wildman–Crippen MR) is 158 cm³/mol. The smallest absolute Gasteiger partial charge is 0.251 e. The average Bonchev–Trinajstić information content (AvgIpc) is 2.90. The Balaban J connectivity index is 1.73. The standard InChI is InChI=1S/C31H48N4O4/c1-7-8-17-30(2,3)39-22-18-31(4,5)38-21-9-19-33-29(37)25-11-13-26(14-12-25)34-35-27-23-24(16-20-32-6)10-15-28(27)36/h10-15,23,32,36H,7-9,16-22H2,1-6H3,(H,33,37)/b35-34+. The van der Waals surface area contributed by atoms with Crippen LogP contribution in [0, 0.1) is 0 Å². The number of hydrogen-bond donors (Lipinski definition) is 3. The molecule has 0 heterocycles. The number of unbranched alkanes of at least 4 members (excludes halogenated alkanes) is 1. The Labute approximate surface area is 234 Å². The van der Waals surface area contributed by atoms with Crippen LogP contribution in [0.1, 0.15) is 82.6 Å². The predicted octanol–water partition coefficient (Wildman–Crippen LogP) is 6.86. The van der Waals surface area contributed by atoms with Crippen molar-refractivity contribution in [2.45, 2.75) is 84.3 Å². The van der Waals surface area contributed by atoms with Gasteiger partial charge in [0.2, 0.25) is 0 Å². The van der Waals surface area contributed by atoms with Gasteiger partial charge in [0.05, 0.1) is 23.5 Å². The quantitative estimate of drug-likeness (QED) is 0.141. The molecule has 0 saturated carbocycles. The number of ether oxygens (including phenoxy) is 2. The third-order valence-electron chi connectivity index (χ3n) is 6.53. The fraction of sp³-hybridized carbons (Fsp3) is 0.581. The highest BCUT2D eigenvalue weighted by atomic mass is 16.5. The second-order valence-electron chi connectivity index (χ2n) is 11.1. The number of nitrogens with zero attached hydrogens (tertiary/aromatic N) is 2. The van der Waals surface area contributed by atoms with E-state index in [1.165, 1.54) is 12.8 Å². The monoisotopic (exact) mass is 540 g/mol. The molecule has 0 saturated heterocycles. The van der Waals surface area contributed by atoms with Crippen molar-refractivity contribution in [3.05, 3.63) is 53.6 Å². The second kappa shape index (κ2) is 16.3. The summed E-state index contributed by atoms with van der Waals surface area (Å²) in [4.78, 5) is 12.5. The van der Waals surface area contributed by atoms with Crippen LogP contribution in [0.15, 0.2) is 52.7 Å². The number of phenols is 1. The fourth-order valence-electron chi connectivity index (χ4n) is 3.91. The Bertz CT molecular complexity index is 1040. The lowest BCUT2D eigenvalue weighted by molar-refractivity contribution is -0.0749. The van der Waals surface area contributed by atoms with Crippen molar-refractivity contribution in [2.24, 2.45) is 10.2 Å². The zero-order chi connectivity index (χ0) is 28.7. The normalized spacial score (nSPS) is 12.3. The van der Waals surface area contributed by atoms with Crippen LogP contribution in [0.3, 0.4) is 0 Å². The molecule has 0 aliphatic carbocycles. The number of phenolic OH excluding ortho intramolecular Hbond substituents is 1. The summed E-state index contributed by atoms with van der Waals surface area (Å²) in [5.74, 6) is -0.0645. The van der Waals surface area contributed by atoms with E-state index >= 15 is 0 Å². The molecule has 0 unspecified atom stereocenters. The number of aromatic hydroxyl groups is 1. The first-order valence-electron chi connectivity index (χ1n) is 14.1. The first kappa shape index (κ1) is 32.4. The van der Waals surface area contributed by atoms with Gasteiger partial charge in [0.1, 0.15) is 11.4 Å². The molecule has 2 aromatic rings. The number of carbonyl (C=O) groups is 1. The Morgan fingerprint density at radius 3 is 2.28 bits per heavy atom. The van der Waals surface area contributed by atoms with Crippen molar-refractivity contribution in [1.29, 1.82) is 0 Å². The number of benzene rings is 2. The van der Waals surface area contributed by atoms with Gasteiger partial charge in [-0.2, -0.15) is 5.11 Å². The third-order valence-corrected chi connectivity index (χ3v) is 6.53. The van der Waals surface area contributed by atoms with Gasteiger partial charge < -0.3 is 25.2 Å². The highest BCUT2D eigenvalue weighted by Gasteiger charge is 2.22. The van der Waals surface area contributed by atoms with Crippen LogP contribution in [0.2, 0.25) is 0 Å². The van der Waals surface area contributed by atoms with Crippen LogP contribution in [-0.2, 0) is 15.9 Å². The highest BCUT2D eigenvalue weighted by Crippen LogP contribution is 2.29. The van der Waals surface area contributed by atoms with Crippen molar-refractivity contribution in [3.63, 3.8) is 0 Å². The minimum atomic E-state index is -0.278. The van der Waals surface area contributed by atoms with Gasteiger partial charge in [-0.15, -0.1) is 5.11 Å². The molecule has 2 aromatic carbocycles. The van der Waals surface area contributed by atoms with E-state index < -0.39 is 0 Å². The van der Waals surface area contributed by atoms with Gasteiger partial charge in [0.25, 0.3) is 5.91 Å². The highest BCUT2D eigenvalue weighted by molar-refractivity contribution is 5.94. The SMILES string of the molecule is CCCCC(C)(C)OCCC(C)(C)OCCCNC(=O)c1ccc(/N=N/c2cc(CCNC)ccc2O)cc1. The number of carbonyl (C=O) groups excluding carboxylic acids is 1. The van der Waals surface area contributed by atoms with E-state index in [9.17, 15) is 9.90 Å². The van der Waals surface area contributed by atoms with Crippen molar-refractivity contribution in [1.82, 2.24) is 10.6 Å². The van der Waals surface area contributed by atoms with E-state index in [4.69, 9.17) is 9.47 Å². The molecule has 0 atom stereocenters. The maximum absolute atomic E-state index is 12.5. The van der Waals surface area contributed by atoms with Crippen LogP contribution in [0.4, 0.5) is 11.4 Å². The Morgan fingerprint density at radius 1 is 0.897 bits per heavy atom. The van der Waals surface area contributed by atoms with Crippen molar-refractivity contribution < 1.29 is 19.4 Å². The summed E-state index contributed by atoms with van der Waals surface area (Å²) >= 11 is 0. The van der Waals surface area contributed by atoms with E-state index in [2.05, 4.69) is 55.5 Å². The van der Waals surface area contributed by atoms with E-state index in [0.29, 0.717) is 36.7 Å². The van der Waals surface area contributed by atoms with Gasteiger partial charge in [0, 0.05) is 18.7 Å². The van der Waals surface area contributed by atoms with Gasteiger partial charge in [-0.25, -0.2) is 0 Å². The van der Waals surface area contributed by atoms with Gasteiger partial charge in [-0.1, -0.05) is 25.8 Å². The molecule has 0 bridgehead atoms. The van der Waals surface area contributed by atoms with E-state index in [-0.39, 0.29) is 22.9 Å². The van der Waals surface area contributed by atoms with E-state index in [0.717, 1.165) is 37.8 Å². The number of nitrogens with one attached hydrogen (secondary N) is 2. The van der Waals surface area contributed by atoms with Gasteiger partial charge in [-0.05, 0) is 109 Å². The van der Waals surface area contributed by atoms with Crippen LogP contribution < -0.4 is 10.6 Å². The van der Waals surface area contributed by atoms with Gasteiger partial charge in [0.15, 0.2) is 0 Å². The summed E-state index contributed by atoms with van der Waals surface area (Å²) in [6, 6.07) is 12.2. The average molecular weight is 541 g/mol. The number of amides is 1. The molecule has 0 aromatic heterocycles. The number of likely N-dealkylation sites (N-methyl/N-ethyl adjacent to an activating group) is 1. The first-order chi connectivity index (χ1) is 18.5. The van der Waals surface area contributed by atoms with Crippen molar-refractivity contribution in [2.75, 3.05) is 33.4 Å². The number of rotatable bonds is 18. The molecule has 8 heteroatoms. The molecule has 0 aliphatic rings. The number of hydrogen-bond acceptors (Lipinski definition) is 7. The fourth-order valence-corrected chi connectivity index (χ4v) is 3.91. The molecule has 216 valence electrons. The third kappa shape index (κ3) is 12.7. The molecule has 0 spiro atoms. The Morgan fingerprint density at radius 2 is 1.59 bits per heavy atom. The largest absolute Gasteiger partial charge is 0.506 e. The van der Waals surface area contributed by atoms with Gasteiger partial charge in [-0.3, -0.25) is 4.79 Å². The number of azo groups is 1. The minimum absolute atomic E-state index is 0.0787. The maximum atomic E-state index is 12.5. The summed E-state index contributed by atoms with van der Waals surface area (Å²) in [5, 5.41) is 24.5. The molecule has 2 rings (SSSR count). The summed E-state index contributed by atoms with van der Waals surface area (Å²) in [6.07, 6.45) is 5.79. The Kier molecular flexibility index (Phi) is 13.6. The molecule has 0 radical (unpaired) electrons. The molecule has 3 N–H and O–H groups in total. The van der Waals surface area contributed by atoms with Crippen molar-refractivity contribution in [3.8, 4) is 5.75 Å². The molecule has 8 nitrogen and oxygen atoms in total. The molecule has 1 amide bonds. The van der Waals surface area contributed by atoms with E-state index in [1.807, 2.05) is 19.2 Å². The zero-order valence-corrected chi connectivity index (χ0v) is 24.7. The first-order valence-corrected chi connectivity index (χ1v) is 14.1.